The molecule has 0 aliphatic carbocycles. The Kier molecular flexibility index (Phi) is 13.3. The number of esters is 2. The lowest BCUT2D eigenvalue weighted by molar-refractivity contribution is -0.170. The molecule has 1 fully saturated rings. The Hall–Kier alpha value is -5.20. The van der Waals surface area contributed by atoms with E-state index < -0.39 is 53.3 Å². The van der Waals surface area contributed by atoms with E-state index in [9.17, 15) is 28.8 Å². The van der Waals surface area contributed by atoms with Gasteiger partial charge in [0.1, 0.15) is 12.1 Å². The summed E-state index contributed by atoms with van der Waals surface area (Å²) in [5.41, 5.74) is 0.00247. The molecule has 1 aliphatic rings. The fraction of sp³-hybridized carbons (Fsp3) is 0.429. The first-order chi connectivity index (χ1) is 22.8. The summed E-state index contributed by atoms with van der Waals surface area (Å²) in [6.07, 6.45) is 1.65. The molecule has 0 radical (unpaired) electrons. The van der Waals surface area contributed by atoms with Gasteiger partial charge in [-0.1, -0.05) is 24.8 Å². The minimum absolute atomic E-state index is 0.129. The molecule has 3 rings (SSSR count). The minimum Gasteiger partial charge on any atom is -0.493 e. The summed E-state index contributed by atoms with van der Waals surface area (Å²) < 4.78 is 21.9. The first-order valence-corrected chi connectivity index (χ1v) is 15.5. The predicted molar refractivity (Wildman–Crippen MR) is 173 cm³/mol. The van der Waals surface area contributed by atoms with Gasteiger partial charge in [0.2, 0.25) is 5.91 Å². The third-order valence-corrected chi connectivity index (χ3v) is 7.81. The van der Waals surface area contributed by atoms with Crippen molar-refractivity contribution in [1.29, 1.82) is 0 Å². The van der Waals surface area contributed by atoms with E-state index in [-0.39, 0.29) is 25.8 Å². The van der Waals surface area contributed by atoms with E-state index in [0.29, 0.717) is 48.4 Å². The van der Waals surface area contributed by atoms with Crippen molar-refractivity contribution < 1.29 is 52.8 Å². The van der Waals surface area contributed by atoms with Gasteiger partial charge in [0.15, 0.2) is 17.1 Å². The molecule has 258 valence electrons. The number of hydrogen-bond donors (Lipinski definition) is 2. The molecular weight excluding hydrogens is 624 g/mol. The number of carbonyl (C=O) groups is 6. The van der Waals surface area contributed by atoms with Crippen LogP contribution >= 0.6 is 0 Å². The number of carboxylic acid groups (broad SMARTS) is 1. The molecule has 1 saturated heterocycles. The highest BCUT2D eigenvalue weighted by Crippen LogP contribution is 2.32. The number of carbonyl (C=O) groups excluding carboxylic acids is 5. The first-order valence-electron chi connectivity index (χ1n) is 15.5. The number of ether oxygens (including phenoxy) is 4. The van der Waals surface area contributed by atoms with Gasteiger partial charge in [0.05, 0.1) is 20.6 Å². The third kappa shape index (κ3) is 10.1. The van der Waals surface area contributed by atoms with E-state index in [4.69, 9.17) is 24.1 Å². The van der Waals surface area contributed by atoms with Crippen molar-refractivity contribution >= 4 is 41.2 Å². The standard InChI is InChI=1S/C35H42N2O11/c1-6-31(41)48-35(2,3)32(42)33(43)37-19-8-7-12-25(37)34(44)47-26(15-13-22-14-16-27(45-4)28(20-22)46-5)23-10-9-11-24(21-23)36-29(38)17-18-30(39)40/h6,9-11,14,16,20-21,25-26H,1,7-8,12-13,15,17-19H2,2-5H3,(H,36,38)(H,39,40). The van der Waals surface area contributed by atoms with Gasteiger partial charge in [-0.25, -0.2) is 9.59 Å². The first kappa shape index (κ1) is 37.3. The molecule has 2 amide bonds. The number of ketones is 1. The molecule has 0 bridgehead atoms. The highest BCUT2D eigenvalue weighted by atomic mass is 16.6. The number of aliphatic carboxylic acids is 1. The molecule has 2 aromatic rings. The van der Waals surface area contributed by atoms with Crippen LogP contribution in [0.25, 0.3) is 0 Å². The van der Waals surface area contributed by atoms with Crippen LogP contribution in [0.3, 0.4) is 0 Å². The smallest absolute Gasteiger partial charge is 0.331 e. The SMILES string of the molecule is C=CC(=O)OC(C)(C)C(=O)C(=O)N1CCCCC1C(=O)OC(CCc1ccc(OC)c(OC)c1)c1cccc(NC(=O)CCC(=O)O)c1. The van der Waals surface area contributed by atoms with Crippen LogP contribution in [0.1, 0.15) is 69.6 Å². The quantitative estimate of drug-likeness (QED) is 0.149. The number of Topliss-reactive ketones (excluding diaryl/α,β-unsaturated/α-hetero) is 1. The maximum absolute atomic E-state index is 13.8. The molecule has 0 aromatic heterocycles. The maximum atomic E-state index is 13.8. The topological polar surface area (TPSA) is 175 Å². The zero-order chi connectivity index (χ0) is 35.4. The van der Waals surface area contributed by atoms with Crippen molar-refractivity contribution in [2.75, 3.05) is 26.1 Å². The van der Waals surface area contributed by atoms with Gasteiger partial charge < -0.3 is 34.3 Å². The van der Waals surface area contributed by atoms with Crippen molar-refractivity contribution in [1.82, 2.24) is 4.90 Å². The number of amides is 2. The summed E-state index contributed by atoms with van der Waals surface area (Å²) in [7, 11) is 3.05. The second-order valence-electron chi connectivity index (χ2n) is 11.7. The number of piperidine rings is 1. The summed E-state index contributed by atoms with van der Waals surface area (Å²) in [5.74, 6) is -4.05. The molecular formula is C35H42N2O11. The zero-order valence-corrected chi connectivity index (χ0v) is 27.6. The molecule has 13 nitrogen and oxygen atoms in total. The number of rotatable bonds is 16. The van der Waals surface area contributed by atoms with Gasteiger partial charge in [-0.15, -0.1) is 0 Å². The van der Waals surface area contributed by atoms with Gasteiger partial charge in [-0.2, -0.15) is 0 Å². The Morgan fingerprint density at radius 3 is 2.42 bits per heavy atom. The Bertz CT molecular complexity index is 1530. The van der Waals surface area contributed by atoms with E-state index in [1.54, 1.807) is 30.3 Å². The Morgan fingerprint density at radius 1 is 1.02 bits per heavy atom. The van der Waals surface area contributed by atoms with Crippen LogP contribution in [-0.4, -0.2) is 77.9 Å². The lowest BCUT2D eigenvalue weighted by atomic mass is 9.97. The Morgan fingerprint density at radius 2 is 1.75 bits per heavy atom. The van der Waals surface area contributed by atoms with Crippen molar-refractivity contribution in [2.24, 2.45) is 0 Å². The summed E-state index contributed by atoms with van der Waals surface area (Å²) in [4.78, 5) is 76.5. The highest BCUT2D eigenvalue weighted by Gasteiger charge is 2.43. The normalized spacial score (nSPS) is 15.0. The number of aryl methyl sites for hydroxylation is 1. The number of carboxylic acids is 1. The van der Waals surface area contributed by atoms with Gasteiger partial charge in [0.25, 0.3) is 11.7 Å². The fourth-order valence-corrected chi connectivity index (χ4v) is 5.25. The average Bonchev–Trinajstić information content (AvgIpc) is 3.07. The molecule has 2 aromatic carbocycles. The lowest BCUT2D eigenvalue weighted by Gasteiger charge is -2.36. The zero-order valence-electron chi connectivity index (χ0n) is 27.6. The monoisotopic (exact) mass is 666 g/mol. The average molecular weight is 667 g/mol. The second-order valence-corrected chi connectivity index (χ2v) is 11.7. The molecule has 13 heteroatoms. The molecule has 1 aliphatic heterocycles. The summed E-state index contributed by atoms with van der Waals surface area (Å²) in [5, 5.41) is 11.6. The predicted octanol–water partition coefficient (Wildman–Crippen LogP) is 4.18. The minimum atomic E-state index is -1.79. The highest BCUT2D eigenvalue weighted by molar-refractivity contribution is 6.39. The molecule has 2 N–H and O–H groups in total. The third-order valence-electron chi connectivity index (χ3n) is 7.81. The van der Waals surface area contributed by atoms with Crippen LogP contribution in [0.15, 0.2) is 55.1 Å². The van der Waals surface area contributed by atoms with E-state index in [1.165, 1.54) is 33.0 Å². The van der Waals surface area contributed by atoms with Crippen molar-refractivity contribution in [3.8, 4) is 11.5 Å². The van der Waals surface area contributed by atoms with E-state index in [2.05, 4.69) is 11.9 Å². The maximum Gasteiger partial charge on any atom is 0.331 e. The lowest BCUT2D eigenvalue weighted by Crippen LogP contribution is -2.55. The molecule has 48 heavy (non-hydrogen) atoms. The summed E-state index contributed by atoms with van der Waals surface area (Å²) >= 11 is 0. The number of benzene rings is 2. The van der Waals surface area contributed by atoms with E-state index in [1.807, 2.05) is 12.1 Å². The Balaban J connectivity index is 1.88. The van der Waals surface area contributed by atoms with Crippen molar-refractivity contribution in [2.45, 2.75) is 76.5 Å². The van der Waals surface area contributed by atoms with Crippen molar-refractivity contribution in [3.63, 3.8) is 0 Å². The van der Waals surface area contributed by atoms with Crippen molar-refractivity contribution in [3.05, 3.63) is 66.2 Å². The Labute approximate surface area is 279 Å². The molecule has 1 heterocycles. The van der Waals surface area contributed by atoms with E-state index in [0.717, 1.165) is 11.6 Å². The van der Waals surface area contributed by atoms with Crippen LogP contribution in [-0.2, 0) is 44.7 Å². The van der Waals surface area contributed by atoms with Crippen LogP contribution in [0, 0.1) is 0 Å². The van der Waals surface area contributed by atoms with Gasteiger partial charge in [0, 0.05) is 24.7 Å². The number of nitrogens with zero attached hydrogens (tertiary/aromatic N) is 1. The van der Waals surface area contributed by atoms with Crippen LogP contribution in [0.4, 0.5) is 5.69 Å². The molecule has 2 atom stereocenters. The van der Waals surface area contributed by atoms with Gasteiger partial charge in [-0.05, 0) is 81.3 Å². The fourth-order valence-electron chi connectivity index (χ4n) is 5.25. The second kappa shape index (κ2) is 17.1. The van der Waals surface area contributed by atoms with E-state index >= 15 is 0 Å². The largest absolute Gasteiger partial charge is 0.493 e. The summed E-state index contributed by atoms with van der Waals surface area (Å²) in [6.45, 7) is 6.03. The molecule has 0 saturated carbocycles. The van der Waals surface area contributed by atoms with Gasteiger partial charge >= 0.3 is 17.9 Å². The number of anilines is 1. The number of hydrogen-bond acceptors (Lipinski definition) is 10. The van der Waals surface area contributed by atoms with Crippen LogP contribution in [0.2, 0.25) is 0 Å². The number of methoxy groups -OCH3 is 2. The molecule has 2 unspecified atom stereocenters. The summed E-state index contributed by atoms with van der Waals surface area (Å²) in [6, 6.07) is 11.0. The van der Waals surface area contributed by atoms with Crippen LogP contribution in [0.5, 0.6) is 11.5 Å². The van der Waals surface area contributed by atoms with Gasteiger partial charge in [-0.3, -0.25) is 19.2 Å². The molecule has 0 spiro atoms. The van der Waals surface area contributed by atoms with Crippen LogP contribution < -0.4 is 14.8 Å². The number of likely N-dealkylation sites (tertiary alicyclic amines) is 1. The number of nitrogens with one attached hydrogen (secondary N) is 1.